The Morgan fingerprint density at radius 3 is 1.93 bits per heavy atom. The SMILES string of the molecule is C=CCOCC(N)(COCC=C)[P+](=O)O. The molecule has 0 heterocycles. The van der Waals surface area contributed by atoms with Crippen molar-refractivity contribution in [2.24, 2.45) is 5.73 Å². The average molecular weight is 234 g/mol. The van der Waals surface area contributed by atoms with Gasteiger partial charge in [-0.2, -0.15) is 4.89 Å². The Kier molecular flexibility index (Phi) is 7.38. The molecule has 0 aromatic rings. The zero-order valence-corrected chi connectivity index (χ0v) is 9.49. The lowest BCUT2D eigenvalue weighted by Crippen LogP contribution is -2.45. The predicted molar refractivity (Wildman–Crippen MR) is 58.8 cm³/mol. The zero-order chi connectivity index (χ0) is 11.7. The van der Waals surface area contributed by atoms with Gasteiger partial charge >= 0.3 is 8.03 Å². The van der Waals surface area contributed by atoms with Gasteiger partial charge in [0.2, 0.25) is 0 Å². The van der Waals surface area contributed by atoms with Gasteiger partial charge in [-0.3, -0.25) is 5.73 Å². The maximum absolute atomic E-state index is 11.0. The van der Waals surface area contributed by atoms with Crippen LogP contribution in [0.3, 0.4) is 0 Å². The molecule has 3 N–H and O–H groups in total. The minimum absolute atomic E-state index is 0.0537. The first-order valence-corrected chi connectivity index (χ1v) is 5.60. The molecule has 0 amide bonds. The predicted octanol–water partition coefficient (Wildman–Crippen LogP) is 0.781. The van der Waals surface area contributed by atoms with E-state index < -0.39 is 13.3 Å². The third-order valence-electron chi connectivity index (χ3n) is 1.56. The van der Waals surface area contributed by atoms with E-state index in [-0.39, 0.29) is 26.4 Å². The van der Waals surface area contributed by atoms with Crippen LogP contribution in [0.15, 0.2) is 25.3 Å². The van der Waals surface area contributed by atoms with Gasteiger partial charge in [-0.05, 0) is 4.57 Å². The molecule has 1 unspecified atom stereocenters. The van der Waals surface area contributed by atoms with Gasteiger partial charge in [-0.25, -0.2) is 0 Å². The highest BCUT2D eigenvalue weighted by Crippen LogP contribution is 2.30. The van der Waals surface area contributed by atoms with Gasteiger partial charge in [0.05, 0.1) is 13.2 Å². The average Bonchev–Trinajstić information content (AvgIpc) is 2.18. The smallest absolute Gasteiger partial charge is 0.371 e. The third kappa shape index (κ3) is 5.77. The van der Waals surface area contributed by atoms with E-state index in [2.05, 4.69) is 13.2 Å². The van der Waals surface area contributed by atoms with Crippen LogP contribution in [0.25, 0.3) is 0 Å². The van der Waals surface area contributed by atoms with Gasteiger partial charge in [0, 0.05) is 0 Å². The molecule has 0 aliphatic rings. The highest BCUT2D eigenvalue weighted by atomic mass is 31.1. The lowest BCUT2D eigenvalue weighted by Gasteiger charge is -2.15. The van der Waals surface area contributed by atoms with E-state index in [1.807, 2.05) is 0 Å². The molecule has 0 radical (unpaired) electrons. The summed E-state index contributed by atoms with van der Waals surface area (Å²) < 4.78 is 21.1. The minimum Gasteiger partial charge on any atom is -0.371 e. The van der Waals surface area contributed by atoms with Crippen LogP contribution in [0.2, 0.25) is 0 Å². The van der Waals surface area contributed by atoms with Crippen LogP contribution in [-0.4, -0.2) is 36.6 Å². The molecule has 0 rings (SSSR count). The molecule has 0 bridgehead atoms. The van der Waals surface area contributed by atoms with E-state index in [1.165, 1.54) is 12.2 Å². The van der Waals surface area contributed by atoms with Gasteiger partial charge in [-0.1, -0.05) is 12.2 Å². The summed E-state index contributed by atoms with van der Waals surface area (Å²) in [6, 6.07) is 0. The van der Waals surface area contributed by atoms with Crippen molar-refractivity contribution in [1.29, 1.82) is 0 Å². The normalized spacial score (nSPS) is 12.3. The lowest BCUT2D eigenvalue weighted by molar-refractivity contribution is 0.0705. The van der Waals surface area contributed by atoms with Gasteiger partial charge in [-0.15, -0.1) is 13.2 Å². The maximum Gasteiger partial charge on any atom is 0.532 e. The Morgan fingerprint density at radius 2 is 1.67 bits per heavy atom. The highest BCUT2D eigenvalue weighted by molar-refractivity contribution is 7.40. The van der Waals surface area contributed by atoms with Crippen LogP contribution in [0, 0.1) is 0 Å². The number of nitrogens with two attached hydrogens (primary N) is 1. The Hall–Kier alpha value is -0.580. The summed E-state index contributed by atoms with van der Waals surface area (Å²) in [5.74, 6) is 0. The molecule has 6 heteroatoms. The van der Waals surface area contributed by atoms with Crippen molar-refractivity contribution in [2.45, 2.75) is 5.28 Å². The molecule has 15 heavy (non-hydrogen) atoms. The first-order chi connectivity index (χ1) is 7.06. The number of rotatable bonds is 9. The summed E-state index contributed by atoms with van der Waals surface area (Å²) in [6.07, 6.45) is 3.07. The molecule has 86 valence electrons. The zero-order valence-electron chi connectivity index (χ0n) is 8.59. The summed E-state index contributed by atoms with van der Waals surface area (Å²) >= 11 is 0. The molecule has 0 saturated carbocycles. The van der Waals surface area contributed by atoms with Crippen molar-refractivity contribution < 1.29 is 18.9 Å². The fourth-order valence-corrected chi connectivity index (χ4v) is 1.19. The number of hydrogen-bond acceptors (Lipinski definition) is 4. The van der Waals surface area contributed by atoms with Crippen molar-refractivity contribution >= 4 is 8.03 Å². The maximum atomic E-state index is 11.0. The van der Waals surface area contributed by atoms with E-state index in [4.69, 9.17) is 20.1 Å². The molecule has 5 nitrogen and oxygen atoms in total. The minimum atomic E-state index is -2.57. The topological polar surface area (TPSA) is 81.8 Å². The van der Waals surface area contributed by atoms with Crippen LogP contribution in [-0.2, 0) is 14.0 Å². The van der Waals surface area contributed by atoms with Crippen molar-refractivity contribution in [1.82, 2.24) is 0 Å². The molecule has 0 saturated heterocycles. The highest BCUT2D eigenvalue weighted by Gasteiger charge is 2.46. The van der Waals surface area contributed by atoms with Gasteiger partial charge in [0.1, 0.15) is 13.2 Å². The summed E-state index contributed by atoms with van der Waals surface area (Å²) in [5, 5.41) is -1.37. The fraction of sp³-hybridized carbons (Fsp3) is 0.556. The second-order valence-electron chi connectivity index (χ2n) is 2.98. The second kappa shape index (κ2) is 7.68. The van der Waals surface area contributed by atoms with Crippen molar-refractivity contribution in [3.63, 3.8) is 0 Å². The second-order valence-corrected chi connectivity index (χ2v) is 4.42. The first kappa shape index (κ1) is 14.4. The molecule has 1 atom stereocenters. The van der Waals surface area contributed by atoms with E-state index in [9.17, 15) is 4.57 Å². The van der Waals surface area contributed by atoms with Gasteiger partial charge in [0.15, 0.2) is 0 Å². The number of hydrogen-bond donors (Lipinski definition) is 2. The summed E-state index contributed by atoms with van der Waals surface area (Å²) in [6.45, 7) is 7.36. The van der Waals surface area contributed by atoms with Crippen LogP contribution in [0.5, 0.6) is 0 Å². The van der Waals surface area contributed by atoms with Crippen LogP contribution in [0.1, 0.15) is 0 Å². The van der Waals surface area contributed by atoms with Gasteiger partial charge in [0.25, 0.3) is 5.28 Å². The molecule has 0 spiro atoms. The van der Waals surface area contributed by atoms with E-state index >= 15 is 0 Å². The quantitative estimate of drug-likeness (QED) is 0.350. The van der Waals surface area contributed by atoms with E-state index in [0.717, 1.165) is 0 Å². The Bertz CT molecular complexity index is 218. The van der Waals surface area contributed by atoms with Crippen LogP contribution < -0.4 is 5.73 Å². The number of ether oxygens (including phenoxy) is 2. The first-order valence-electron chi connectivity index (χ1n) is 4.39. The Morgan fingerprint density at radius 1 is 1.27 bits per heavy atom. The van der Waals surface area contributed by atoms with Crippen molar-refractivity contribution in [2.75, 3.05) is 26.4 Å². The van der Waals surface area contributed by atoms with Crippen LogP contribution >= 0.6 is 8.03 Å². The third-order valence-corrected chi connectivity index (χ3v) is 2.58. The Labute approximate surface area is 90.4 Å². The molecule has 0 aliphatic carbocycles. The van der Waals surface area contributed by atoms with E-state index in [1.54, 1.807) is 0 Å². The Balaban J connectivity index is 4.12. The largest absolute Gasteiger partial charge is 0.532 e. The lowest BCUT2D eigenvalue weighted by atomic mass is 10.3. The molecule has 0 aromatic carbocycles. The molecular weight excluding hydrogens is 217 g/mol. The molecule has 0 aliphatic heterocycles. The summed E-state index contributed by atoms with van der Waals surface area (Å²) in [4.78, 5) is 9.04. The summed E-state index contributed by atoms with van der Waals surface area (Å²) in [5.41, 5.74) is 5.67. The van der Waals surface area contributed by atoms with Crippen molar-refractivity contribution in [3.8, 4) is 0 Å². The van der Waals surface area contributed by atoms with Gasteiger partial charge < -0.3 is 9.47 Å². The molecular formula is C9H17NO4P+. The van der Waals surface area contributed by atoms with Crippen molar-refractivity contribution in [3.05, 3.63) is 25.3 Å². The van der Waals surface area contributed by atoms with Crippen LogP contribution in [0.4, 0.5) is 0 Å². The standard InChI is InChI=1S/C9H16NO4P/c1-3-5-13-7-9(10,15(11)12)8-14-6-4-2/h3-4H,1-2,5-8,10H2/p+1. The molecule has 0 aromatic heterocycles. The fourth-order valence-electron chi connectivity index (χ4n) is 0.790. The van der Waals surface area contributed by atoms with E-state index in [0.29, 0.717) is 0 Å². The summed E-state index contributed by atoms with van der Waals surface area (Å²) in [7, 11) is -2.57. The molecule has 0 fully saturated rings. The monoisotopic (exact) mass is 234 g/mol.